The van der Waals surface area contributed by atoms with Crippen molar-refractivity contribution in [2.75, 3.05) is 6.54 Å². The second-order valence-electron chi connectivity index (χ2n) is 7.18. The average Bonchev–Trinajstić information content (AvgIpc) is 3.08. The van der Waals surface area contributed by atoms with Gasteiger partial charge in [0.05, 0.1) is 5.69 Å². The van der Waals surface area contributed by atoms with E-state index in [4.69, 9.17) is 9.41 Å². The highest BCUT2D eigenvalue weighted by Gasteiger charge is 2.47. The fraction of sp³-hybridized carbons (Fsp3) is 0.421. The number of nitrogens with one attached hydrogen (secondary N) is 1. The Bertz CT molecular complexity index is 579. The molecule has 0 radical (unpaired) electrons. The summed E-state index contributed by atoms with van der Waals surface area (Å²) < 4.78 is 6.90. The first-order valence-corrected chi connectivity index (χ1v) is 11.8. The van der Waals surface area contributed by atoms with Gasteiger partial charge in [0.2, 0.25) is 0 Å². The number of pyridine rings is 1. The molecule has 0 amide bonds. The van der Waals surface area contributed by atoms with Gasteiger partial charge >= 0.3 is 0 Å². The number of hydrogen-bond donors (Lipinski definition) is 1. The lowest BCUT2D eigenvalue weighted by Crippen LogP contribution is -2.53. The predicted molar refractivity (Wildman–Crippen MR) is 96.9 cm³/mol. The van der Waals surface area contributed by atoms with E-state index in [-0.39, 0.29) is 6.04 Å². The van der Waals surface area contributed by atoms with Crippen LogP contribution in [0, 0.1) is 0 Å². The zero-order valence-corrected chi connectivity index (χ0v) is 15.3. The molecule has 2 heterocycles. The molecule has 3 nitrogen and oxygen atoms in total. The summed E-state index contributed by atoms with van der Waals surface area (Å²) in [5, 5.41) is 3.67. The van der Waals surface area contributed by atoms with E-state index in [9.17, 15) is 0 Å². The Labute approximate surface area is 140 Å². The van der Waals surface area contributed by atoms with Crippen LogP contribution in [-0.2, 0) is 10.0 Å². The Balaban J connectivity index is 2.20. The van der Waals surface area contributed by atoms with Crippen molar-refractivity contribution < 1.29 is 4.43 Å². The monoisotopic (exact) mass is 326 g/mol. The molecule has 0 aliphatic carbocycles. The highest BCUT2D eigenvalue weighted by Crippen LogP contribution is 2.41. The summed E-state index contributed by atoms with van der Waals surface area (Å²) in [7, 11) is -1.81. The van der Waals surface area contributed by atoms with Gasteiger partial charge in [-0.3, -0.25) is 4.98 Å². The molecule has 1 aromatic heterocycles. The van der Waals surface area contributed by atoms with Crippen molar-refractivity contribution in [2.24, 2.45) is 0 Å². The van der Waals surface area contributed by atoms with Gasteiger partial charge in [0.1, 0.15) is 5.60 Å². The molecule has 1 aliphatic rings. The van der Waals surface area contributed by atoms with Crippen molar-refractivity contribution in [2.45, 2.75) is 44.1 Å². The Morgan fingerprint density at radius 1 is 1.09 bits per heavy atom. The maximum atomic E-state index is 6.90. The first-order chi connectivity index (χ1) is 11.0. The van der Waals surface area contributed by atoms with E-state index in [0.29, 0.717) is 0 Å². The van der Waals surface area contributed by atoms with E-state index < -0.39 is 13.9 Å². The summed E-state index contributed by atoms with van der Waals surface area (Å²) >= 11 is 0. The highest BCUT2D eigenvalue weighted by molar-refractivity contribution is 6.69. The molecule has 1 N–H and O–H groups in total. The van der Waals surface area contributed by atoms with Crippen molar-refractivity contribution in [3.8, 4) is 0 Å². The number of nitrogens with zero attached hydrogens (tertiary/aromatic N) is 1. The largest absolute Gasteiger partial charge is 0.401 e. The Morgan fingerprint density at radius 2 is 1.83 bits per heavy atom. The van der Waals surface area contributed by atoms with Crippen molar-refractivity contribution in [3.63, 3.8) is 0 Å². The summed E-state index contributed by atoms with van der Waals surface area (Å²) in [5.74, 6) is 0. The molecule has 1 unspecified atom stereocenters. The smallest absolute Gasteiger partial charge is 0.185 e. The van der Waals surface area contributed by atoms with Crippen LogP contribution in [0.1, 0.15) is 24.1 Å². The molecule has 2 atom stereocenters. The fourth-order valence-electron chi connectivity index (χ4n) is 3.49. The minimum Gasteiger partial charge on any atom is -0.401 e. The van der Waals surface area contributed by atoms with Gasteiger partial charge in [-0.05, 0) is 56.7 Å². The number of benzene rings is 1. The molecule has 4 heteroatoms. The third-order valence-electron chi connectivity index (χ3n) is 4.27. The van der Waals surface area contributed by atoms with Gasteiger partial charge in [-0.2, -0.15) is 0 Å². The maximum absolute atomic E-state index is 6.90. The zero-order chi connectivity index (χ0) is 16.3. The quantitative estimate of drug-likeness (QED) is 0.845. The lowest BCUT2D eigenvalue weighted by molar-refractivity contribution is 0.0596. The van der Waals surface area contributed by atoms with Gasteiger partial charge < -0.3 is 9.74 Å². The fourth-order valence-corrected chi connectivity index (χ4v) is 4.82. The molecule has 1 fully saturated rings. The molecule has 0 bridgehead atoms. The topological polar surface area (TPSA) is 34.1 Å². The molecule has 23 heavy (non-hydrogen) atoms. The second kappa shape index (κ2) is 6.55. The first-order valence-electron chi connectivity index (χ1n) is 8.43. The summed E-state index contributed by atoms with van der Waals surface area (Å²) in [6, 6.07) is 17.0. The molecule has 122 valence electrons. The van der Waals surface area contributed by atoms with Gasteiger partial charge in [-0.15, -0.1) is 0 Å². The molecule has 3 rings (SSSR count). The number of aromatic nitrogens is 1. The van der Waals surface area contributed by atoms with Gasteiger partial charge in [0.15, 0.2) is 8.32 Å². The third kappa shape index (κ3) is 3.39. The highest BCUT2D eigenvalue weighted by atomic mass is 28.4. The van der Waals surface area contributed by atoms with Gasteiger partial charge in [-0.1, -0.05) is 36.4 Å². The Hall–Kier alpha value is -1.49. The Kier molecular flexibility index (Phi) is 4.66. The van der Waals surface area contributed by atoms with E-state index in [1.54, 1.807) is 0 Å². The maximum Gasteiger partial charge on any atom is 0.185 e. The van der Waals surface area contributed by atoms with E-state index in [2.05, 4.69) is 67.4 Å². The van der Waals surface area contributed by atoms with Crippen LogP contribution in [0.25, 0.3) is 0 Å². The summed E-state index contributed by atoms with van der Waals surface area (Å²) in [6.07, 6.45) is 4.16. The third-order valence-corrected chi connectivity index (χ3v) is 5.20. The van der Waals surface area contributed by atoms with Crippen molar-refractivity contribution in [3.05, 3.63) is 66.0 Å². The van der Waals surface area contributed by atoms with Gasteiger partial charge in [-0.25, -0.2) is 0 Å². The van der Waals surface area contributed by atoms with Crippen molar-refractivity contribution in [1.29, 1.82) is 0 Å². The van der Waals surface area contributed by atoms with Crippen LogP contribution in [-0.4, -0.2) is 25.9 Å². The Morgan fingerprint density at radius 3 is 2.39 bits per heavy atom. The predicted octanol–water partition coefficient (Wildman–Crippen LogP) is 3.93. The van der Waals surface area contributed by atoms with Gasteiger partial charge in [0.25, 0.3) is 0 Å². The average molecular weight is 327 g/mol. The van der Waals surface area contributed by atoms with Crippen LogP contribution in [0.2, 0.25) is 19.6 Å². The second-order valence-corrected chi connectivity index (χ2v) is 11.6. The van der Waals surface area contributed by atoms with Crippen LogP contribution in [0.4, 0.5) is 0 Å². The molecule has 1 aliphatic heterocycles. The summed E-state index contributed by atoms with van der Waals surface area (Å²) in [4.78, 5) is 4.71. The van der Waals surface area contributed by atoms with E-state index >= 15 is 0 Å². The molecular formula is C19H26N2OSi. The molecule has 0 saturated carbocycles. The molecule has 0 spiro atoms. The minimum absolute atomic E-state index is 0.256. The number of rotatable bonds is 5. The van der Waals surface area contributed by atoms with E-state index in [1.807, 2.05) is 12.3 Å². The SMILES string of the molecule is C[Si](C)(C)OC(c1ccccc1)(c1ccccn1)[C@@H]1CCCN1. The zero-order valence-electron chi connectivity index (χ0n) is 14.3. The van der Waals surface area contributed by atoms with Crippen LogP contribution < -0.4 is 5.32 Å². The number of hydrogen-bond acceptors (Lipinski definition) is 3. The molecule has 2 aromatic rings. The summed E-state index contributed by atoms with van der Waals surface area (Å²) in [6.45, 7) is 7.80. The molecular weight excluding hydrogens is 300 g/mol. The summed E-state index contributed by atoms with van der Waals surface area (Å²) in [5.41, 5.74) is 1.69. The normalized spacial score (nSPS) is 21.1. The van der Waals surface area contributed by atoms with Crippen molar-refractivity contribution >= 4 is 8.32 Å². The first kappa shape index (κ1) is 16.4. The van der Waals surface area contributed by atoms with Crippen LogP contribution in [0.15, 0.2) is 54.7 Å². The molecule has 1 saturated heterocycles. The minimum atomic E-state index is -1.81. The van der Waals surface area contributed by atoms with E-state index in [1.165, 1.54) is 12.0 Å². The van der Waals surface area contributed by atoms with Crippen LogP contribution in [0.3, 0.4) is 0 Å². The van der Waals surface area contributed by atoms with Crippen molar-refractivity contribution in [1.82, 2.24) is 10.3 Å². The van der Waals surface area contributed by atoms with Crippen LogP contribution >= 0.6 is 0 Å². The van der Waals surface area contributed by atoms with E-state index in [0.717, 1.165) is 18.7 Å². The molecule has 1 aromatic carbocycles. The van der Waals surface area contributed by atoms with Gasteiger partial charge in [0, 0.05) is 12.2 Å². The standard InChI is InChI=1S/C19H26N2OSi/c1-23(2,3)22-19(18-13-9-15-21-18,16-10-5-4-6-11-16)17-12-7-8-14-20-17/h4-8,10-12,14,18,21H,9,13,15H2,1-3H3/t18-,19?/m0/s1. The van der Waals surface area contributed by atoms with Crippen LogP contribution in [0.5, 0.6) is 0 Å². The lowest BCUT2D eigenvalue weighted by atomic mass is 9.82. The lowest BCUT2D eigenvalue weighted by Gasteiger charge is -2.43.